The summed E-state index contributed by atoms with van der Waals surface area (Å²) in [5.41, 5.74) is -0.0224. The normalized spacial score (nSPS) is 17.3. The SMILES string of the molecule is CCCCOc1ccc(NC(=O)C2(OC)CCCCCC2)cn1. The number of methoxy groups -OCH3 is 1. The Hall–Kier alpha value is -1.62. The molecule has 1 fully saturated rings. The van der Waals surface area contributed by atoms with Gasteiger partial charge < -0.3 is 14.8 Å². The molecule has 0 unspecified atom stereocenters. The van der Waals surface area contributed by atoms with Crippen LogP contribution >= 0.6 is 0 Å². The van der Waals surface area contributed by atoms with E-state index in [0.717, 1.165) is 38.5 Å². The van der Waals surface area contributed by atoms with Crippen LogP contribution in [-0.2, 0) is 9.53 Å². The van der Waals surface area contributed by atoms with Crippen LogP contribution in [0.2, 0.25) is 0 Å². The number of carbonyl (C=O) groups excluding carboxylic acids is 1. The van der Waals surface area contributed by atoms with Crippen LogP contribution in [0.1, 0.15) is 58.3 Å². The molecular formula is C18H28N2O3. The quantitative estimate of drug-likeness (QED) is 0.610. The number of nitrogens with one attached hydrogen (secondary N) is 1. The maximum Gasteiger partial charge on any atom is 0.256 e. The van der Waals surface area contributed by atoms with E-state index < -0.39 is 5.60 Å². The van der Waals surface area contributed by atoms with Crippen LogP contribution in [0.4, 0.5) is 5.69 Å². The van der Waals surface area contributed by atoms with Gasteiger partial charge in [0.2, 0.25) is 5.88 Å². The number of pyridine rings is 1. The average Bonchev–Trinajstić information content (AvgIpc) is 2.83. The topological polar surface area (TPSA) is 60.5 Å². The Morgan fingerprint density at radius 3 is 2.57 bits per heavy atom. The molecule has 0 aliphatic heterocycles. The number of nitrogens with zero attached hydrogens (tertiary/aromatic N) is 1. The third-order valence-electron chi connectivity index (χ3n) is 4.46. The zero-order valence-electron chi connectivity index (χ0n) is 14.3. The molecule has 1 aromatic rings. The highest BCUT2D eigenvalue weighted by Crippen LogP contribution is 2.31. The molecule has 0 atom stereocenters. The zero-order chi connectivity index (χ0) is 16.5. The van der Waals surface area contributed by atoms with E-state index in [1.54, 1.807) is 19.4 Å². The number of unbranched alkanes of at least 4 members (excludes halogenated alkanes) is 1. The highest BCUT2D eigenvalue weighted by Gasteiger charge is 2.38. The van der Waals surface area contributed by atoms with Gasteiger partial charge in [-0.15, -0.1) is 0 Å². The van der Waals surface area contributed by atoms with Gasteiger partial charge >= 0.3 is 0 Å². The van der Waals surface area contributed by atoms with Crippen LogP contribution in [0.5, 0.6) is 5.88 Å². The van der Waals surface area contributed by atoms with Gasteiger partial charge in [0.15, 0.2) is 0 Å². The lowest BCUT2D eigenvalue weighted by Gasteiger charge is -2.29. The molecule has 1 aliphatic carbocycles. The van der Waals surface area contributed by atoms with Crippen molar-refractivity contribution in [2.45, 2.75) is 63.9 Å². The lowest BCUT2D eigenvalue weighted by atomic mass is 9.93. The number of hydrogen-bond donors (Lipinski definition) is 1. The summed E-state index contributed by atoms with van der Waals surface area (Å²) in [5, 5.41) is 2.94. The minimum Gasteiger partial charge on any atom is -0.478 e. The molecule has 1 aromatic heterocycles. The Balaban J connectivity index is 1.95. The molecule has 0 radical (unpaired) electrons. The fraction of sp³-hybridized carbons (Fsp3) is 0.667. The first-order valence-electron chi connectivity index (χ1n) is 8.65. The third kappa shape index (κ3) is 4.93. The van der Waals surface area contributed by atoms with Crippen molar-refractivity contribution in [2.24, 2.45) is 0 Å². The van der Waals surface area contributed by atoms with Gasteiger partial charge in [0.05, 0.1) is 18.5 Å². The van der Waals surface area contributed by atoms with Gasteiger partial charge in [0.1, 0.15) is 5.60 Å². The van der Waals surface area contributed by atoms with Crippen molar-refractivity contribution in [3.63, 3.8) is 0 Å². The van der Waals surface area contributed by atoms with E-state index in [2.05, 4.69) is 17.2 Å². The largest absolute Gasteiger partial charge is 0.478 e. The fourth-order valence-electron chi connectivity index (χ4n) is 2.93. The van der Waals surface area contributed by atoms with Crippen molar-refractivity contribution >= 4 is 11.6 Å². The van der Waals surface area contributed by atoms with Crippen molar-refractivity contribution in [1.82, 2.24) is 4.98 Å². The summed E-state index contributed by atoms with van der Waals surface area (Å²) in [6.07, 6.45) is 9.70. The second-order valence-corrected chi connectivity index (χ2v) is 6.15. The fourth-order valence-corrected chi connectivity index (χ4v) is 2.93. The minimum atomic E-state index is -0.702. The average molecular weight is 320 g/mol. The molecule has 1 saturated carbocycles. The van der Waals surface area contributed by atoms with E-state index in [4.69, 9.17) is 9.47 Å². The van der Waals surface area contributed by atoms with Gasteiger partial charge in [-0.05, 0) is 25.3 Å². The van der Waals surface area contributed by atoms with E-state index in [0.29, 0.717) is 18.2 Å². The molecule has 1 N–H and O–H groups in total. The van der Waals surface area contributed by atoms with Crippen LogP contribution in [-0.4, -0.2) is 30.2 Å². The first-order chi connectivity index (χ1) is 11.2. The standard InChI is InChI=1S/C18H28N2O3/c1-3-4-13-23-16-10-9-15(14-19-16)20-17(21)18(22-2)11-7-5-6-8-12-18/h9-10,14H,3-8,11-13H2,1-2H3,(H,20,21). The molecule has 1 amide bonds. The summed E-state index contributed by atoms with van der Waals surface area (Å²) in [5.74, 6) is 0.524. The molecule has 1 aliphatic rings. The summed E-state index contributed by atoms with van der Waals surface area (Å²) in [4.78, 5) is 16.9. The first kappa shape index (κ1) is 17.7. The van der Waals surface area contributed by atoms with Crippen molar-refractivity contribution in [1.29, 1.82) is 0 Å². The number of amides is 1. The maximum absolute atomic E-state index is 12.7. The molecular weight excluding hydrogens is 292 g/mol. The summed E-state index contributed by atoms with van der Waals surface area (Å²) in [6, 6.07) is 3.62. The number of carbonyl (C=O) groups is 1. The van der Waals surface area contributed by atoms with E-state index in [9.17, 15) is 4.79 Å². The molecule has 0 spiro atoms. The summed E-state index contributed by atoms with van der Waals surface area (Å²) in [6.45, 7) is 2.79. The first-order valence-corrected chi connectivity index (χ1v) is 8.65. The monoisotopic (exact) mass is 320 g/mol. The zero-order valence-corrected chi connectivity index (χ0v) is 14.3. The Bertz CT molecular complexity index is 480. The number of hydrogen-bond acceptors (Lipinski definition) is 4. The van der Waals surface area contributed by atoms with E-state index >= 15 is 0 Å². The van der Waals surface area contributed by atoms with Crippen LogP contribution < -0.4 is 10.1 Å². The van der Waals surface area contributed by atoms with E-state index in [-0.39, 0.29) is 5.91 Å². The number of aromatic nitrogens is 1. The van der Waals surface area contributed by atoms with Gasteiger partial charge in [-0.3, -0.25) is 4.79 Å². The lowest BCUT2D eigenvalue weighted by molar-refractivity contribution is -0.139. The highest BCUT2D eigenvalue weighted by atomic mass is 16.5. The Morgan fingerprint density at radius 1 is 1.26 bits per heavy atom. The van der Waals surface area contributed by atoms with Crippen molar-refractivity contribution < 1.29 is 14.3 Å². The Labute approximate surface area is 138 Å². The van der Waals surface area contributed by atoms with Gasteiger partial charge in [0.25, 0.3) is 5.91 Å². The second-order valence-electron chi connectivity index (χ2n) is 6.15. The van der Waals surface area contributed by atoms with E-state index in [1.165, 1.54) is 12.8 Å². The van der Waals surface area contributed by atoms with E-state index in [1.807, 2.05) is 6.07 Å². The molecule has 128 valence electrons. The second kappa shape index (κ2) is 8.87. The molecule has 1 heterocycles. The van der Waals surface area contributed by atoms with Crippen molar-refractivity contribution in [3.8, 4) is 5.88 Å². The predicted octanol–water partition coefficient (Wildman–Crippen LogP) is 3.94. The van der Waals surface area contributed by atoms with Crippen molar-refractivity contribution in [2.75, 3.05) is 19.0 Å². The number of anilines is 1. The Morgan fingerprint density at radius 2 is 2.00 bits per heavy atom. The molecule has 2 rings (SSSR count). The summed E-state index contributed by atoms with van der Waals surface area (Å²) < 4.78 is 11.2. The number of rotatable bonds is 7. The molecule has 5 heteroatoms. The maximum atomic E-state index is 12.7. The lowest BCUT2D eigenvalue weighted by Crippen LogP contribution is -2.44. The smallest absolute Gasteiger partial charge is 0.256 e. The summed E-state index contributed by atoms with van der Waals surface area (Å²) >= 11 is 0. The van der Waals surface area contributed by atoms with Gasteiger partial charge in [-0.1, -0.05) is 39.0 Å². The molecule has 0 aromatic carbocycles. The van der Waals surface area contributed by atoms with Crippen LogP contribution in [0.15, 0.2) is 18.3 Å². The molecule has 0 bridgehead atoms. The molecule has 0 saturated heterocycles. The molecule has 5 nitrogen and oxygen atoms in total. The number of ether oxygens (including phenoxy) is 2. The van der Waals surface area contributed by atoms with Crippen LogP contribution in [0.25, 0.3) is 0 Å². The summed E-state index contributed by atoms with van der Waals surface area (Å²) in [7, 11) is 1.63. The molecule has 23 heavy (non-hydrogen) atoms. The highest BCUT2D eigenvalue weighted by molar-refractivity contribution is 5.97. The van der Waals surface area contributed by atoms with Gasteiger partial charge in [-0.25, -0.2) is 4.98 Å². The minimum absolute atomic E-state index is 0.0663. The Kier molecular flexibility index (Phi) is 6.84. The predicted molar refractivity (Wildman–Crippen MR) is 90.7 cm³/mol. The third-order valence-corrected chi connectivity index (χ3v) is 4.46. The van der Waals surface area contributed by atoms with Crippen LogP contribution in [0.3, 0.4) is 0 Å². The van der Waals surface area contributed by atoms with Gasteiger partial charge in [0, 0.05) is 13.2 Å². The van der Waals surface area contributed by atoms with Crippen molar-refractivity contribution in [3.05, 3.63) is 18.3 Å². The van der Waals surface area contributed by atoms with Gasteiger partial charge in [-0.2, -0.15) is 0 Å². The van der Waals surface area contributed by atoms with Crippen LogP contribution in [0, 0.1) is 0 Å².